The molecule has 3 nitrogen and oxygen atoms in total. The Hall–Kier alpha value is -1.22. The Morgan fingerprint density at radius 1 is 1.67 bits per heavy atom. The first-order valence-corrected chi connectivity index (χ1v) is 3.76. The third-order valence-corrected chi connectivity index (χ3v) is 1.50. The van der Waals surface area contributed by atoms with Gasteiger partial charge in [-0.15, -0.1) is 0 Å². The minimum atomic E-state index is 0.383. The highest BCUT2D eigenvalue weighted by Gasteiger charge is 2.04. The highest BCUT2D eigenvalue weighted by atomic mass is 35.5. The van der Waals surface area contributed by atoms with Crippen molar-refractivity contribution in [1.29, 1.82) is 0 Å². The third-order valence-electron chi connectivity index (χ3n) is 1.23. The molecule has 0 bridgehead atoms. The molecule has 0 saturated heterocycles. The van der Waals surface area contributed by atoms with Crippen molar-refractivity contribution in [2.45, 2.75) is 0 Å². The summed E-state index contributed by atoms with van der Waals surface area (Å²) in [7, 11) is 0. The minimum absolute atomic E-state index is 0.383. The minimum Gasteiger partial charge on any atom is -0.486 e. The van der Waals surface area contributed by atoms with Gasteiger partial charge in [0, 0.05) is 6.20 Å². The van der Waals surface area contributed by atoms with Crippen molar-refractivity contribution in [3.8, 4) is 5.75 Å². The van der Waals surface area contributed by atoms with Gasteiger partial charge in [0.1, 0.15) is 11.6 Å². The molecule has 0 aromatic carbocycles. The van der Waals surface area contributed by atoms with Gasteiger partial charge in [0.2, 0.25) is 0 Å². The molecule has 0 radical (unpaired) electrons. The number of rotatable bonds is 3. The molecule has 64 valence electrons. The molecule has 0 unspecified atom stereocenters. The number of anilines is 1. The van der Waals surface area contributed by atoms with Gasteiger partial charge in [-0.05, 0) is 0 Å². The standard InChI is InChI=1S/C8H9ClN2O/c1-2-3-12-8-6(9)4-11-5-7(8)10/h2,4-5H,1,3,10H2. The summed E-state index contributed by atoms with van der Waals surface area (Å²) in [6.07, 6.45) is 4.59. The Morgan fingerprint density at radius 2 is 2.42 bits per heavy atom. The van der Waals surface area contributed by atoms with E-state index in [0.29, 0.717) is 23.1 Å². The van der Waals surface area contributed by atoms with Crippen molar-refractivity contribution in [2.24, 2.45) is 0 Å². The van der Waals surface area contributed by atoms with Gasteiger partial charge in [-0.25, -0.2) is 0 Å². The summed E-state index contributed by atoms with van der Waals surface area (Å²) in [4.78, 5) is 3.79. The second-order valence-electron chi connectivity index (χ2n) is 2.14. The Kier molecular flexibility index (Phi) is 2.94. The first-order valence-electron chi connectivity index (χ1n) is 3.38. The first kappa shape index (κ1) is 8.87. The average Bonchev–Trinajstić information content (AvgIpc) is 2.04. The van der Waals surface area contributed by atoms with Gasteiger partial charge < -0.3 is 10.5 Å². The lowest BCUT2D eigenvalue weighted by Gasteiger charge is -2.06. The fraction of sp³-hybridized carbons (Fsp3) is 0.125. The monoisotopic (exact) mass is 184 g/mol. The van der Waals surface area contributed by atoms with E-state index in [2.05, 4.69) is 11.6 Å². The van der Waals surface area contributed by atoms with Crippen LogP contribution in [-0.2, 0) is 0 Å². The molecule has 0 spiro atoms. The van der Waals surface area contributed by atoms with Gasteiger partial charge in [0.25, 0.3) is 0 Å². The zero-order valence-electron chi connectivity index (χ0n) is 6.46. The molecule has 0 saturated carbocycles. The summed E-state index contributed by atoms with van der Waals surface area (Å²) < 4.78 is 5.20. The summed E-state index contributed by atoms with van der Waals surface area (Å²) >= 11 is 5.76. The van der Waals surface area contributed by atoms with Gasteiger partial charge in [0.05, 0.1) is 11.9 Å². The number of pyridine rings is 1. The molecule has 0 aliphatic carbocycles. The number of ether oxygens (including phenoxy) is 1. The van der Waals surface area contributed by atoms with Gasteiger partial charge in [-0.1, -0.05) is 24.3 Å². The van der Waals surface area contributed by atoms with Crippen LogP contribution in [0.4, 0.5) is 5.69 Å². The Labute approximate surface area is 75.8 Å². The average molecular weight is 185 g/mol. The van der Waals surface area contributed by atoms with Crippen LogP contribution in [0.15, 0.2) is 25.0 Å². The molecule has 0 atom stereocenters. The normalized spacial score (nSPS) is 9.42. The lowest BCUT2D eigenvalue weighted by atomic mass is 10.4. The van der Waals surface area contributed by atoms with E-state index < -0.39 is 0 Å². The second kappa shape index (κ2) is 3.97. The fourth-order valence-corrected chi connectivity index (χ4v) is 0.953. The van der Waals surface area contributed by atoms with Gasteiger partial charge in [-0.3, -0.25) is 4.98 Å². The van der Waals surface area contributed by atoms with Crippen LogP contribution < -0.4 is 10.5 Å². The van der Waals surface area contributed by atoms with E-state index in [1.54, 1.807) is 6.08 Å². The molecular weight excluding hydrogens is 176 g/mol. The molecule has 0 fully saturated rings. The summed E-state index contributed by atoms with van der Waals surface area (Å²) in [6.45, 7) is 3.89. The molecule has 2 N–H and O–H groups in total. The largest absolute Gasteiger partial charge is 0.486 e. The lowest BCUT2D eigenvalue weighted by molar-refractivity contribution is 0.365. The van der Waals surface area contributed by atoms with E-state index in [9.17, 15) is 0 Å². The van der Waals surface area contributed by atoms with Crippen molar-refractivity contribution >= 4 is 17.3 Å². The van der Waals surface area contributed by atoms with Crippen molar-refractivity contribution in [3.63, 3.8) is 0 Å². The molecule has 0 aliphatic heterocycles. The van der Waals surface area contributed by atoms with E-state index in [1.807, 2.05) is 0 Å². The SMILES string of the molecule is C=CCOc1c(N)cncc1Cl. The molecule has 1 aromatic heterocycles. The first-order chi connectivity index (χ1) is 5.75. The predicted octanol–water partition coefficient (Wildman–Crippen LogP) is 1.88. The molecule has 0 amide bonds. The van der Waals surface area contributed by atoms with Crippen LogP contribution >= 0.6 is 11.6 Å². The summed E-state index contributed by atoms with van der Waals surface area (Å²) in [5, 5.41) is 0.414. The predicted molar refractivity (Wildman–Crippen MR) is 49.4 cm³/mol. The lowest BCUT2D eigenvalue weighted by Crippen LogP contribution is -1.98. The number of nitrogens with two attached hydrogens (primary N) is 1. The summed E-state index contributed by atoms with van der Waals surface area (Å²) in [5.74, 6) is 0.464. The van der Waals surface area contributed by atoms with Crippen molar-refractivity contribution in [1.82, 2.24) is 4.98 Å². The fourth-order valence-electron chi connectivity index (χ4n) is 0.733. The Bertz CT molecular complexity index is 268. The maximum absolute atomic E-state index is 5.76. The highest BCUT2D eigenvalue weighted by Crippen LogP contribution is 2.28. The smallest absolute Gasteiger partial charge is 0.164 e. The molecule has 1 heterocycles. The van der Waals surface area contributed by atoms with Crippen LogP contribution in [-0.4, -0.2) is 11.6 Å². The van der Waals surface area contributed by atoms with Crippen LogP contribution in [0, 0.1) is 0 Å². The highest BCUT2D eigenvalue weighted by molar-refractivity contribution is 6.32. The van der Waals surface area contributed by atoms with Crippen LogP contribution in [0.3, 0.4) is 0 Å². The second-order valence-corrected chi connectivity index (χ2v) is 2.55. The number of halogens is 1. The van der Waals surface area contributed by atoms with Crippen LogP contribution in [0.25, 0.3) is 0 Å². The molecule has 0 aliphatic rings. The molecular formula is C8H9ClN2O. The number of hydrogen-bond donors (Lipinski definition) is 1. The van der Waals surface area contributed by atoms with Crippen molar-refractivity contribution in [3.05, 3.63) is 30.1 Å². The van der Waals surface area contributed by atoms with Crippen molar-refractivity contribution < 1.29 is 4.74 Å². The molecule has 1 rings (SSSR count). The van der Waals surface area contributed by atoms with Gasteiger partial charge in [-0.2, -0.15) is 0 Å². The molecule has 12 heavy (non-hydrogen) atoms. The van der Waals surface area contributed by atoms with Crippen LogP contribution in [0.2, 0.25) is 5.02 Å². The molecule has 1 aromatic rings. The maximum Gasteiger partial charge on any atom is 0.164 e. The number of nitrogen functional groups attached to an aromatic ring is 1. The maximum atomic E-state index is 5.76. The van der Waals surface area contributed by atoms with Crippen LogP contribution in [0.1, 0.15) is 0 Å². The third kappa shape index (κ3) is 1.89. The molecule has 4 heteroatoms. The summed E-state index contributed by atoms with van der Waals surface area (Å²) in [6, 6.07) is 0. The topological polar surface area (TPSA) is 48.1 Å². The van der Waals surface area contributed by atoms with E-state index >= 15 is 0 Å². The summed E-state index contributed by atoms with van der Waals surface area (Å²) in [5.41, 5.74) is 5.99. The van der Waals surface area contributed by atoms with Gasteiger partial charge >= 0.3 is 0 Å². The van der Waals surface area contributed by atoms with E-state index in [4.69, 9.17) is 22.1 Å². The number of nitrogens with zero attached hydrogens (tertiary/aromatic N) is 1. The van der Waals surface area contributed by atoms with Crippen LogP contribution in [0.5, 0.6) is 5.75 Å². The zero-order chi connectivity index (χ0) is 8.97. The quantitative estimate of drug-likeness (QED) is 0.730. The number of aromatic nitrogens is 1. The van der Waals surface area contributed by atoms with Gasteiger partial charge in [0.15, 0.2) is 5.75 Å². The zero-order valence-corrected chi connectivity index (χ0v) is 7.21. The van der Waals surface area contributed by atoms with Crippen molar-refractivity contribution in [2.75, 3.05) is 12.3 Å². The Balaban J connectivity index is 2.88. The van der Waals surface area contributed by atoms with E-state index in [-0.39, 0.29) is 0 Å². The Morgan fingerprint density at radius 3 is 3.00 bits per heavy atom. The van der Waals surface area contributed by atoms with E-state index in [1.165, 1.54) is 12.4 Å². The van der Waals surface area contributed by atoms with E-state index in [0.717, 1.165) is 0 Å². The number of hydrogen-bond acceptors (Lipinski definition) is 3.